The summed E-state index contributed by atoms with van der Waals surface area (Å²) in [6.45, 7) is 2.26. The van der Waals surface area contributed by atoms with Crippen molar-refractivity contribution in [3.63, 3.8) is 0 Å². The molecule has 0 atom stereocenters. The van der Waals surface area contributed by atoms with E-state index >= 15 is 0 Å². The van der Waals surface area contributed by atoms with E-state index in [4.69, 9.17) is 0 Å². The average Bonchev–Trinajstić information content (AvgIpc) is 3.11. The second-order valence-corrected chi connectivity index (χ2v) is 6.07. The molecule has 0 saturated heterocycles. The Morgan fingerprint density at radius 3 is 2.71 bits per heavy atom. The van der Waals surface area contributed by atoms with Crippen LogP contribution in [-0.2, 0) is 6.42 Å². The van der Waals surface area contributed by atoms with Gasteiger partial charge in [-0.2, -0.15) is 0 Å². The highest BCUT2D eigenvalue weighted by Crippen LogP contribution is 2.40. The molecule has 0 unspecified atom stereocenters. The van der Waals surface area contributed by atoms with Crippen molar-refractivity contribution in [1.29, 1.82) is 0 Å². The third-order valence-corrected chi connectivity index (χ3v) is 4.69. The van der Waals surface area contributed by atoms with Crippen LogP contribution in [0.2, 0.25) is 0 Å². The highest BCUT2D eigenvalue weighted by Gasteiger charge is 2.19. The molecular weight excluding hydrogens is 252 g/mol. The molecule has 2 aliphatic rings. The lowest BCUT2D eigenvalue weighted by Crippen LogP contribution is -1.88. The maximum Gasteiger partial charge on any atom is -0.00134 e. The van der Waals surface area contributed by atoms with Gasteiger partial charge in [-0.15, -0.1) is 0 Å². The molecule has 0 nitrogen and oxygen atoms in total. The molecule has 0 heterocycles. The molecule has 0 fully saturated rings. The van der Waals surface area contributed by atoms with Crippen LogP contribution in [0.3, 0.4) is 0 Å². The third kappa shape index (κ3) is 2.06. The van der Waals surface area contributed by atoms with Gasteiger partial charge in [0.05, 0.1) is 0 Å². The van der Waals surface area contributed by atoms with E-state index < -0.39 is 0 Å². The minimum Gasteiger partial charge on any atom is -0.0798 e. The zero-order valence-electron chi connectivity index (χ0n) is 12.5. The van der Waals surface area contributed by atoms with Gasteiger partial charge >= 0.3 is 0 Å². The van der Waals surface area contributed by atoms with Crippen LogP contribution in [0.15, 0.2) is 60.2 Å². The van der Waals surface area contributed by atoms with E-state index in [-0.39, 0.29) is 0 Å². The molecule has 2 aromatic carbocycles. The average molecular weight is 272 g/mol. The number of hydrogen-bond donors (Lipinski definition) is 0. The first-order valence-corrected chi connectivity index (χ1v) is 7.97. The second-order valence-electron chi connectivity index (χ2n) is 6.07. The van der Waals surface area contributed by atoms with Crippen molar-refractivity contribution < 1.29 is 0 Å². The monoisotopic (exact) mass is 272 g/mol. The number of benzene rings is 2. The zero-order chi connectivity index (χ0) is 14.2. The van der Waals surface area contributed by atoms with E-state index in [1.54, 1.807) is 0 Å². The van der Waals surface area contributed by atoms with Gasteiger partial charge in [-0.25, -0.2) is 0 Å². The smallest absolute Gasteiger partial charge is 0.00134 e. The Bertz CT molecular complexity index is 759. The molecule has 4 rings (SSSR count). The van der Waals surface area contributed by atoms with Gasteiger partial charge in [0, 0.05) is 0 Å². The lowest BCUT2D eigenvalue weighted by molar-refractivity contribution is 0.930. The van der Waals surface area contributed by atoms with Crippen molar-refractivity contribution in [2.75, 3.05) is 0 Å². The Morgan fingerprint density at radius 1 is 0.952 bits per heavy atom. The lowest BCUT2D eigenvalue weighted by Gasteiger charge is -2.10. The minimum atomic E-state index is 1.09. The van der Waals surface area contributed by atoms with E-state index in [1.165, 1.54) is 51.8 Å². The summed E-state index contributed by atoms with van der Waals surface area (Å²) in [5.41, 5.74) is 10.3. The molecule has 0 heteroatoms. The topological polar surface area (TPSA) is 0 Å². The first-order chi connectivity index (χ1) is 10.4. The van der Waals surface area contributed by atoms with Gasteiger partial charge in [-0.3, -0.25) is 0 Å². The molecule has 0 spiro atoms. The molecule has 0 amide bonds. The van der Waals surface area contributed by atoms with E-state index in [2.05, 4.69) is 61.5 Å². The Morgan fingerprint density at radius 2 is 1.81 bits per heavy atom. The molecule has 0 radical (unpaired) electrons. The van der Waals surface area contributed by atoms with Gasteiger partial charge in [0.1, 0.15) is 0 Å². The molecule has 0 aliphatic heterocycles. The summed E-state index contributed by atoms with van der Waals surface area (Å²) < 4.78 is 0. The summed E-state index contributed by atoms with van der Waals surface area (Å²) in [5.74, 6) is 0. The van der Waals surface area contributed by atoms with Crippen molar-refractivity contribution in [3.8, 4) is 11.1 Å². The predicted octanol–water partition coefficient (Wildman–Crippen LogP) is 5.77. The van der Waals surface area contributed by atoms with Crippen molar-refractivity contribution >= 4 is 5.57 Å². The maximum absolute atomic E-state index is 2.42. The number of allylic oxidation sites excluding steroid dienone is 4. The van der Waals surface area contributed by atoms with Crippen LogP contribution in [0.5, 0.6) is 0 Å². The Balaban J connectivity index is 1.80. The molecule has 0 N–H and O–H groups in total. The molecule has 21 heavy (non-hydrogen) atoms. The predicted molar refractivity (Wildman–Crippen MR) is 90.3 cm³/mol. The van der Waals surface area contributed by atoms with Crippen LogP contribution in [-0.4, -0.2) is 0 Å². The minimum absolute atomic E-state index is 1.09. The summed E-state index contributed by atoms with van der Waals surface area (Å²) >= 11 is 0. The van der Waals surface area contributed by atoms with Crippen molar-refractivity contribution in [1.82, 2.24) is 0 Å². The number of fused-ring (bicyclic) bond motifs is 3. The maximum atomic E-state index is 2.42. The molecule has 0 saturated carbocycles. The first kappa shape index (κ1) is 12.6. The van der Waals surface area contributed by atoms with Gasteiger partial charge in [0.25, 0.3) is 0 Å². The van der Waals surface area contributed by atoms with E-state index in [1.807, 2.05) is 0 Å². The van der Waals surface area contributed by atoms with Crippen LogP contribution in [0.4, 0.5) is 0 Å². The van der Waals surface area contributed by atoms with Crippen LogP contribution < -0.4 is 0 Å². The summed E-state index contributed by atoms with van der Waals surface area (Å²) in [4.78, 5) is 0. The molecule has 2 aromatic rings. The lowest BCUT2D eigenvalue weighted by atomic mass is 9.95. The summed E-state index contributed by atoms with van der Waals surface area (Å²) in [6.07, 6.45) is 9.22. The second kappa shape index (κ2) is 5.04. The summed E-state index contributed by atoms with van der Waals surface area (Å²) in [6, 6.07) is 15.9. The largest absolute Gasteiger partial charge is 0.0798 e. The van der Waals surface area contributed by atoms with Crippen molar-refractivity contribution in [3.05, 3.63) is 76.9 Å². The van der Waals surface area contributed by atoms with Gasteiger partial charge in [-0.05, 0) is 64.3 Å². The zero-order valence-corrected chi connectivity index (χ0v) is 12.5. The highest BCUT2D eigenvalue weighted by molar-refractivity contribution is 5.83. The van der Waals surface area contributed by atoms with Crippen molar-refractivity contribution in [2.24, 2.45) is 0 Å². The Labute approximate surface area is 126 Å². The highest BCUT2D eigenvalue weighted by atomic mass is 14.2. The number of rotatable bonds is 3. The van der Waals surface area contributed by atoms with Gasteiger partial charge in [0.15, 0.2) is 0 Å². The van der Waals surface area contributed by atoms with Crippen LogP contribution >= 0.6 is 0 Å². The van der Waals surface area contributed by atoms with Crippen LogP contribution in [0, 0.1) is 0 Å². The van der Waals surface area contributed by atoms with E-state index in [0.29, 0.717) is 0 Å². The van der Waals surface area contributed by atoms with Crippen molar-refractivity contribution in [2.45, 2.75) is 32.6 Å². The normalized spacial score (nSPS) is 15.5. The van der Waals surface area contributed by atoms with E-state index in [0.717, 1.165) is 12.8 Å². The summed E-state index contributed by atoms with van der Waals surface area (Å²) in [5, 5.41) is 0. The molecule has 104 valence electrons. The van der Waals surface area contributed by atoms with Gasteiger partial charge < -0.3 is 0 Å². The van der Waals surface area contributed by atoms with Crippen LogP contribution in [0.25, 0.3) is 16.7 Å². The molecule has 0 aromatic heterocycles. The SMILES string of the molecule is CCCC1=C(c2ccc3c(c2)-c2ccccc2C3)CC=C1. The first-order valence-electron chi connectivity index (χ1n) is 7.97. The Hall–Kier alpha value is -2.08. The number of hydrogen-bond acceptors (Lipinski definition) is 0. The standard InChI is InChI=1S/C21H20/c1-2-6-15-8-5-10-19(15)18-12-11-17-13-16-7-3-4-9-20(16)21(17)14-18/h3-5,7-9,11-12,14H,2,6,10,13H2,1H3. The molecular formula is C21H20. The fourth-order valence-corrected chi connectivity index (χ4v) is 3.67. The quantitative estimate of drug-likeness (QED) is 0.567. The van der Waals surface area contributed by atoms with Gasteiger partial charge in [-0.1, -0.05) is 61.9 Å². The fourth-order valence-electron chi connectivity index (χ4n) is 3.67. The van der Waals surface area contributed by atoms with E-state index in [9.17, 15) is 0 Å². The van der Waals surface area contributed by atoms with Gasteiger partial charge in [0.2, 0.25) is 0 Å². The third-order valence-electron chi connectivity index (χ3n) is 4.69. The van der Waals surface area contributed by atoms with Crippen LogP contribution in [0.1, 0.15) is 42.9 Å². The molecule has 2 aliphatic carbocycles. The fraction of sp³-hybridized carbons (Fsp3) is 0.238. The summed E-state index contributed by atoms with van der Waals surface area (Å²) in [7, 11) is 0. The molecule has 0 bridgehead atoms. The Kier molecular flexibility index (Phi) is 3.03.